The van der Waals surface area contributed by atoms with Crippen LogP contribution in [-0.4, -0.2) is 50.3 Å². The highest BCUT2D eigenvalue weighted by Crippen LogP contribution is 2.28. The SMILES string of the molecule is CN=C(NCCCOC(C)C)N1CCC(C)(C)C1.I. The lowest BCUT2D eigenvalue weighted by molar-refractivity contribution is 0.0776. The molecule has 19 heavy (non-hydrogen) atoms. The first-order valence-electron chi connectivity index (χ1n) is 7.02. The molecule has 1 rings (SSSR count). The Labute approximate surface area is 135 Å². The van der Waals surface area contributed by atoms with Crippen molar-refractivity contribution in [1.29, 1.82) is 0 Å². The summed E-state index contributed by atoms with van der Waals surface area (Å²) in [4.78, 5) is 6.71. The second kappa shape index (κ2) is 9.00. The number of halogens is 1. The molecule has 0 radical (unpaired) electrons. The maximum Gasteiger partial charge on any atom is 0.193 e. The van der Waals surface area contributed by atoms with Gasteiger partial charge in [-0.25, -0.2) is 0 Å². The molecule has 4 nitrogen and oxygen atoms in total. The molecular formula is C14H30IN3O. The Morgan fingerprint density at radius 1 is 1.42 bits per heavy atom. The number of likely N-dealkylation sites (tertiary alicyclic amines) is 1. The normalized spacial score (nSPS) is 18.6. The fraction of sp³-hybridized carbons (Fsp3) is 0.929. The van der Waals surface area contributed by atoms with E-state index in [0.29, 0.717) is 11.5 Å². The molecule has 0 aliphatic carbocycles. The average molecular weight is 383 g/mol. The minimum Gasteiger partial charge on any atom is -0.379 e. The summed E-state index contributed by atoms with van der Waals surface area (Å²) in [5, 5.41) is 3.42. The molecular weight excluding hydrogens is 353 g/mol. The minimum absolute atomic E-state index is 0. The maximum atomic E-state index is 5.52. The molecule has 1 N–H and O–H groups in total. The second-order valence-corrected chi connectivity index (χ2v) is 6.08. The van der Waals surface area contributed by atoms with E-state index in [4.69, 9.17) is 4.74 Å². The Balaban J connectivity index is 0.00000324. The van der Waals surface area contributed by atoms with Crippen molar-refractivity contribution in [3.8, 4) is 0 Å². The van der Waals surface area contributed by atoms with Gasteiger partial charge in [-0.3, -0.25) is 4.99 Å². The van der Waals surface area contributed by atoms with Gasteiger partial charge in [0, 0.05) is 33.3 Å². The van der Waals surface area contributed by atoms with Gasteiger partial charge in [0.05, 0.1) is 6.10 Å². The van der Waals surface area contributed by atoms with Crippen molar-refractivity contribution in [2.75, 3.05) is 33.3 Å². The van der Waals surface area contributed by atoms with E-state index in [0.717, 1.165) is 38.6 Å². The molecule has 1 saturated heterocycles. The maximum absolute atomic E-state index is 5.52. The Kier molecular flexibility index (Phi) is 8.98. The van der Waals surface area contributed by atoms with Crippen LogP contribution < -0.4 is 5.32 Å². The van der Waals surface area contributed by atoms with Gasteiger partial charge in [-0.05, 0) is 32.1 Å². The van der Waals surface area contributed by atoms with Crippen molar-refractivity contribution in [1.82, 2.24) is 10.2 Å². The number of ether oxygens (including phenoxy) is 1. The summed E-state index contributed by atoms with van der Waals surface area (Å²) >= 11 is 0. The number of aliphatic imine (C=N–C) groups is 1. The van der Waals surface area contributed by atoms with Gasteiger partial charge >= 0.3 is 0 Å². The zero-order valence-corrected chi connectivity index (χ0v) is 15.4. The number of hydrogen-bond donors (Lipinski definition) is 1. The molecule has 0 saturated carbocycles. The Bertz CT molecular complexity index is 280. The van der Waals surface area contributed by atoms with Crippen LogP contribution in [0.2, 0.25) is 0 Å². The molecule has 0 aromatic rings. The summed E-state index contributed by atoms with van der Waals surface area (Å²) < 4.78 is 5.52. The van der Waals surface area contributed by atoms with Crippen molar-refractivity contribution >= 4 is 29.9 Å². The van der Waals surface area contributed by atoms with Crippen LogP contribution in [0.1, 0.15) is 40.5 Å². The van der Waals surface area contributed by atoms with Crippen LogP contribution in [0.25, 0.3) is 0 Å². The number of nitrogens with zero attached hydrogens (tertiary/aromatic N) is 2. The van der Waals surface area contributed by atoms with Crippen LogP contribution in [0, 0.1) is 5.41 Å². The van der Waals surface area contributed by atoms with Gasteiger partial charge in [0.2, 0.25) is 0 Å². The van der Waals surface area contributed by atoms with Gasteiger partial charge < -0.3 is 15.0 Å². The number of rotatable bonds is 5. The lowest BCUT2D eigenvalue weighted by Crippen LogP contribution is -2.41. The first kappa shape index (κ1) is 19.0. The van der Waals surface area contributed by atoms with Gasteiger partial charge in [0.25, 0.3) is 0 Å². The molecule has 0 bridgehead atoms. The Morgan fingerprint density at radius 3 is 2.58 bits per heavy atom. The third-order valence-corrected chi connectivity index (χ3v) is 3.24. The van der Waals surface area contributed by atoms with E-state index < -0.39 is 0 Å². The van der Waals surface area contributed by atoms with Crippen LogP contribution in [0.3, 0.4) is 0 Å². The number of guanidine groups is 1. The fourth-order valence-corrected chi connectivity index (χ4v) is 2.22. The van der Waals surface area contributed by atoms with Crippen LogP contribution >= 0.6 is 24.0 Å². The molecule has 0 amide bonds. The predicted molar refractivity (Wildman–Crippen MR) is 92.5 cm³/mol. The molecule has 5 heteroatoms. The van der Waals surface area contributed by atoms with Crippen LogP contribution in [0.5, 0.6) is 0 Å². The first-order valence-corrected chi connectivity index (χ1v) is 7.02. The van der Waals surface area contributed by atoms with E-state index in [2.05, 4.69) is 42.9 Å². The third-order valence-electron chi connectivity index (χ3n) is 3.24. The molecule has 0 spiro atoms. The fourth-order valence-electron chi connectivity index (χ4n) is 2.22. The van der Waals surface area contributed by atoms with Gasteiger partial charge in [-0.2, -0.15) is 0 Å². The molecule has 0 aromatic carbocycles. The molecule has 114 valence electrons. The third kappa shape index (κ3) is 7.34. The molecule has 1 aliphatic rings. The van der Waals surface area contributed by atoms with Crippen molar-refractivity contribution < 1.29 is 4.74 Å². The summed E-state index contributed by atoms with van der Waals surface area (Å²) in [6, 6.07) is 0. The number of hydrogen-bond acceptors (Lipinski definition) is 2. The Hall–Kier alpha value is -0.0400. The second-order valence-electron chi connectivity index (χ2n) is 6.08. The highest BCUT2D eigenvalue weighted by atomic mass is 127. The van der Waals surface area contributed by atoms with Gasteiger partial charge in [-0.15, -0.1) is 24.0 Å². The van der Waals surface area contributed by atoms with Gasteiger partial charge in [-0.1, -0.05) is 13.8 Å². The Morgan fingerprint density at radius 2 is 2.11 bits per heavy atom. The highest BCUT2D eigenvalue weighted by molar-refractivity contribution is 14.0. The van der Waals surface area contributed by atoms with E-state index in [1.807, 2.05) is 7.05 Å². The van der Waals surface area contributed by atoms with E-state index in [1.165, 1.54) is 6.42 Å². The minimum atomic E-state index is 0. The summed E-state index contributed by atoms with van der Waals surface area (Å²) in [7, 11) is 1.86. The number of nitrogens with one attached hydrogen (secondary N) is 1. The van der Waals surface area contributed by atoms with E-state index in [1.54, 1.807) is 0 Å². The largest absolute Gasteiger partial charge is 0.379 e. The first-order chi connectivity index (χ1) is 8.44. The molecule has 1 aliphatic heterocycles. The lowest BCUT2D eigenvalue weighted by Gasteiger charge is -2.23. The standard InChI is InChI=1S/C14H29N3O.HI/c1-12(2)18-10-6-8-16-13(15-5)17-9-7-14(3,4)11-17;/h12H,6-11H2,1-5H3,(H,15,16);1H. The molecule has 1 fully saturated rings. The summed E-state index contributed by atoms with van der Waals surface area (Å²) in [6.45, 7) is 12.7. The van der Waals surface area contributed by atoms with Crippen molar-refractivity contribution in [3.05, 3.63) is 0 Å². The van der Waals surface area contributed by atoms with Crippen molar-refractivity contribution in [2.45, 2.75) is 46.6 Å². The van der Waals surface area contributed by atoms with Crippen molar-refractivity contribution in [3.63, 3.8) is 0 Å². The lowest BCUT2D eigenvalue weighted by atomic mass is 9.93. The van der Waals surface area contributed by atoms with Crippen molar-refractivity contribution in [2.24, 2.45) is 10.4 Å². The topological polar surface area (TPSA) is 36.9 Å². The smallest absolute Gasteiger partial charge is 0.193 e. The average Bonchev–Trinajstić information content (AvgIpc) is 2.63. The highest BCUT2D eigenvalue weighted by Gasteiger charge is 2.30. The zero-order chi connectivity index (χ0) is 13.6. The quantitative estimate of drug-likeness (QED) is 0.343. The molecule has 0 atom stereocenters. The molecule has 0 unspecified atom stereocenters. The monoisotopic (exact) mass is 383 g/mol. The molecule has 0 aromatic heterocycles. The van der Waals surface area contributed by atoms with E-state index in [-0.39, 0.29) is 24.0 Å². The zero-order valence-electron chi connectivity index (χ0n) is 13.0. The summed E-state index contributed by atoms with van der Waals surface area (Å²) in [5.41, 5.74) is 0.415. The summed E-state index contributed by atoms with van der Waals surface area (Å²) in [5.74, 6) is 1.03. The molecule has 1 heterocycles. The van der Waals surface area contributed by atoms with Gasteiger partial charge in [0.15, 0.2) is 5.96 Å². The van der Waals surface area contributed by atoms with E-state index >= 15 is 0 Å². The van der Waals surface area contributed by atoms with Gasteiger partial charge in [0.1, 0.15) is 0 Å². The van der Waals surface area contributed by atoms with Crippen LogP contribution in [0.4, 0.5) is 0 Å². The van der Waals surface area contributed by atoms with Crippen LogP contribution in [-0.2, 0) is 4.74 Å². The van der Waals surface area contributed by atoms with E-state index in [9.17, 15) is 0 Å². The van der Waals surface area contributed by atoms with Crippen LogP contribution in [0.15, 0.2) is 4.99 Å². The summed E-state index contributed by atoms with van der Waals surface area (Å²) in [6.07, 6.45) is 2.59. The predicted octanol–water partition coefficient (Wildman–Crippen LogP) is 2.73.